The summed E-state index contributed by atoms with van der Waals surface area (Å²) >= 11 is 5.36. The number of nitrogens with one attached hydrogen (secondary N) is 1. The highest BCUT2D eigenvalue weighted by Crippen LogP contribution is 2.29. The van der Waals surface area contributed by atoms with E-state index in [4.69, 9.17) is 0 Å². The molecule has 2 aromatic heterocycles. The van der Waals surface area contributed by atoms with E-state index in [0.29, 0.717) is 6.04 Å². The van der Waals surface area contributed by atoms with Crippen molar-refractivity contribution >= 4 is 27.3 Å². The third-order valence-corrected chi connectivity index (χ3v) is 4.89. The highest BCUT2D eigenvalue weighted by Gasteiger charge is 2.14. The molecule has 2 rings (SSSR count). The minimum atomic E-state index is 0.424. The molecule has 0 bridgehead atoms. The van der Waals surface area contributed by atoms with Crippen molar-refractivity contribution in [3.05, 3.63) is 39.0 Å². The summed E-state index contributed by atoms with van der Waals surface area (Å²) in [4.78, 5) is 5.79. The third-order valence-electron chi connectivity index (χ3n) is 3.16. The lowest BCUT2D eigenvalue weighted by Crippen LogP contribution is -2.22. The Kier molecular flexibility index (Phi) is 5.60. The van der Waals surface area contributed by atoms with Gasteiger partial charge in [-0.1, -0.05) is 6.92 Å². The van der Waals surface area contributed by atoms with Gasteiger partial charge in [-0.25, -0.2) is 4.98 Å². The van der Waals surface area contributed by atoms with Gasteiger partial charge in [0.1, 0.15) is 5.82 Å². The number of rotatable bonds is 7. The quantitative estimate of drug-likeness (QED) is 0.827. The molecule has 0 aliphatic heterocycles. The van der Waals surface area contributed by atoms with Crippen molar-refractivity contribution < 1.29 is 0 Å². The number of halogens is 1. The molecular weight excluding hydrogens is 322 g/mol. The van der Waals surface area contributed by atoms with E-state index in [9.17, 15) is 0 Å². The Morgan fingerprint density at radius 3 is 2.89 bits per heavy atom. The van der Waals surface area contributed by atoms with Crippen LogP contribution in [0.1, 0.15) is 36.5 Å². The van der Waals surface area contributed by atoms with E-state index >= 15 is 0 Å². The van der Waals surface area contributed by atoms with Gasteiger partial charge in [-0.15, -0.1) is 11.3 Å². The maximum absolute atomic E-state index is 4.40. The second-order valence-corrected chi connectivity index (χ2v) is 7.14. The molecule has 3 nitrogen and oxygen atoms in total. The maximum Gasteiger partial charge on any atom is 0.108 e. The normalized spacial score (nSPS) is 12.8. The largest absolute Gasteiger partial charge is 0.338 e. The summed E-state index contributed by atoms with van der Waals surface area (Å²) in [6.45, 7) is 3.26. The summed E-state index contributed by atoms with van der Waals surface area (Å²) in [5.74, 6) is 1.15. The molecule has 1 unspecified atom stereocenters. The van der Waals surface area contributed by atoms with Crippen molar-refractivity contribution in [1.82, 2.24) is 14.9 Å². The first-order valence-electron chi connectivity index (χ1n) is 6.65. The van der Waals surface area contributed by atoms with Crippen molar-refractivity contribution in [3.8, 4) is 0 Å². The predicted octanol–water partition coefficient (Wildman–Crippen LogP) is 3.92. The molecule has 0 saturated heterocycles. The molecule has 5 heteroatoms. The average Bonchev–Trinajstić information content (AvgIpc) is 2.99. The van der Waals surface area contributed by atoms with Gasteiger partial charge in [-0.2, -0.15) is 0 Å². The van der Waals surface area contributed by atoms with Gasteiger partial charge in [0.25, 0.3) is 0 Å². The van der Waals surface area contributed by atoms with Crippen LogP contribution in [-0.4, -0.2) is 16.1 Å². The summed E-state index contributed by atoms with van der Waals surface area (Å²) in [6.07, 6.45) is 7.11. The van der Waals surface area contributed by atoms with Gasteiger partial charge in [-0.3, -0.25) is 0 Å². The van der Waals surface area contributed by atoms with E-state index in [1.165, 1.54) is 8.66 Å². The lowest BCUT2D eigenvalue weighted by molar-refractivity contribution is 0.497. The molecule has 0 amide bonds. The summed E-state index contributed by atoms with van der Waals surface area (Å²) < 4.78 is 3.30. The molecule has 0 fully saturated rings. The summed E-state index contributed by atoms with van der Waals surface area (Å²) in [5.41, 5.74) is 0. The van der Waals surface area contributed by atoms with Crippen molar-refractivity contribution in [2.24, 2.45) is 7.05 Å². The van der Waals surface area contributed by atoms with Gasteiger partial charge in [0.05, 0.1) is 3.79 Å². The third kappa shape index (κ3) is 4.16. The molecule has 0 aromatic carbocycles. The molecule has 0 aliphatic rings. The molecule has 1 N–H and O–H groups in total. The zero-order valence-electron chi connectivity index (χ0n) is 11.4. The summed E-state index contributed by atoms with van der Waals surface area (Å²) in [6, 6.07) is 4.76. The van der Waals surface area contributed by atoms with E-state index in [-0.39, 0.29) is 0 Å². The molecule has 0 aliphatic carbocycles. The molecule has 2 heterocycles. The van der Waals surface area contributed by atoms with E-state index in [2.05, 4.69) is 56.9 Å². The number of thiophene rings is 1. The first kappa shape index (κ1) is 14.8. The van der Waals surface area contributed by atoms with E-state index in [1.807, 2.05) is 23.7 Å². The zero-order valence-corrected chi connectivity index (χ0v) is 13.8. The van der Waals surface area contributed by atoms with Crippen LogP contribution in [0.25, 0.3) is 0 Å². The number of nitrogens with zero attached hydrogens (tertiary/aromatic N) is 2. The lowest BCUT2D eigenvalue weighted by atomic mass is 10.1. The Hall–Kier alpha value is -0.650. The Bertz CT molecular complexity index is 506. The predicted molar refractivity (Wildman–Crippen MR) is 84.6 cm³/mol. The van der Waals surface area contributed by atoms with Crippen LogP contribution in [0.3, 0.4) is 0 Å². The van der Waals surface area contributed by atoms with Crippen LogP contribution in [0.15, 0.2) is 28.3 Å². The van der Waals surface area contributed by atoms with E-state index in [1.54, 1.807) is 0 Å². The van der Waals surface area contributed by atoms with Gasteiger partial charge in [0.15, 0.2) is 0 Å². The number of hydrogen-bond acceptors (Lipinski definition) is 3. The maximum atomic E-state index is 4.40. The van der Waals surface area contributed by atoms with Crippen LogP contribution < -0.4 is 5.32 Å². The molecule has 19 heavy (non-hydrogen) atoms. The molecule has 0 radical (unpaired) electrons. The standard InChI is InChI=1S/C14H20BrN3S/c1-3-8-16-11(12-5-6-13(15)19-12)4-7-14-17-9-10-18(14)2/h5-6,9-11,16H,3-4,7-8H2,1-2H3. The molecule has 1 atom stereocenters. The number of hydrogen-bond donors (Lipinski definition) is 1. The Morgan fingerprint density at radius 1 is 1.47 bits per heavy atom. The van der Waals surface area contributed by atoms with Crippen LogP contribution in [0, 0.1) is 0 Å². The van der Waals surface area contributed by atoms with Crippen molar-refractivity contribution in [2.45, 2.75) is 32.2 Å². The Morgan fingerprint density at radius 2 is 2.32 bits per heavy atom. The molecular formula is C14H20BrN3S. The highest BCUT2D eigenvalue weighted by atomic mass is 79.9. The zero-order chi connectivity index (χ0) is 13.7. The fraction of sp³-hybridized carbons (Fsp3) is 0.500. The molecule has 104 valence electrons. The summed E-state index contributed by atoms with van der Waals surface area (Å²) in [5, 5.41) is 3.63. The average molecular weight is 342 g/mol. The first-order valence-corrected chi connectivity index (χ1v) is 8.26. The minimum Gasteiger partial charge on any atom is -0.338 e. The fourth-order valence-corrected chi connectivity index (χ4v) is 3.62. The van der Waals surface area contributed by atoms with Crippen LogP contribution in [0.5, 0.6) is 0 Å². The van der Waals surface area contributed by atoms with Crippen LogP contribution >= 0.6 is 27.3 Å². The molecule has 0 saturated carbocycles. The Balaban J connectivity index is 1.99. The van der Waals surface area contributed by atoms with Gasteiger partial charge in [0, 0.05) is 36.8 Å². The second kappa shape index (κ2) is 7.22. The topological polar surface area (TPSA) is 29.9 Å². The second-order valence-electron chi connectivity index (χ2n) is 4.64. The fourth-order valence-electron chi connectivity index (χ4n) is 2.09. The lowest BCUT2D eigenvalue weighted by Gasteiger charge is -2.17. The monoisotopic (exact) mass is 341 g/mol. The SMILES string of the molecule is CCCNC(CCc1nccn1C)c1ccc(Br)s1. The minimum absolute atomic E-state index is 0.424. The number of aromatic nitrogens is 2. The first-order chi connectivity index (χ1) is 9.20. The van der Waals surface area contributed by atoms with Crippen molar-refractivity contribution in [1.29, 1.82) is 0 Å². The van der Waals surface area contributed by atoms with Crippen LogP contribution in [0.2, 0.25) is 0 Å². The van der Waals surface area contributed by atoms with E-state index in [0.717, 1.165) is 31.6 Å². The van der Waals surface area contributed by atoms with Gasteiger partial charge >= 0.3 is 0 Å². The van der Waals surface area contributed by atoms with Gasteiger partial charge in [0.2, 0.25) is 0 Å². The highest BCUT2D eigenvalue weighted by molar-refractivity contribution is 9.11. The van der Waals surface area contributed by atoms with Crippen LogP contribution in [-0.2, 0) is 13.5 Å². The van der Waals surface area contributed by atoms with Gasteiger partial charge < -0.3 is 9.88 Å². The Labute approximate surface area is 127 Å². The summed E-state index contributed by atoms with van der Waals surface area (Å²) in [7, 11) is 2.05. The van der Waals surface area contributed by atoms with Gasteiger partial charge in [-0.05, 0) is 47.4 Å². The van der Waals surface area contributed by atoms with Crippen LogP contribution in [0.4, 0.5) is 0 Å². The number of imidazole rings is 1. The van der Waals surface area contributed by atoms with Crippen molar-refractivity contribution in [3.63, 3.8) is 0 Å². The smallest absolute Gasteiger partial charge is 0.108 e. The number of aryl methyl sites for hydroxylation is 2. The molecule has 0 spiro atoms. The van der Waals surface area contributed by atoms with Crippen molar-refractivity contribution in [2.75, 3.05) is 6.54 Å². The van der Waals surface area contributed by atoms with E-state index < -0.39 is 0 Å². The molecule has 2 aromatic rings.